The van der Waals surface area contributed by atoms with Crippen LogP contribution in [0.1, 0.15) is 11.1 Å². The number of hydrogen-bond acceptors (Lipinski definition) is 5. The normalized spacial score (nSPS) is 13.4. The highest BCUT2D eigenvalue weighted by Gasteiger charge is 2.30. The van der Waals surface area contributed by atoms with Crippen LogP contribution in [0.15, 0.2) is 48.5 Å². The molecule has 0 saturated heterocycles. The first-order valence-electron chi connectivity index (χ1n) is 7.37. The van der Waals surface area contributed by atoms with Crippen molar-refractivity contribution in [3.63, 3.8) is 0 Å². The lowest BCUT2D eigenvalue weighted by atomic mass is 9.71. The molecule has 1 aliphatic heterocycles. The molecule has 0 aromatic heterocycles. The molecule has 3 aromatic carbocycles. The van der Waals surface area contributed by atoms with Crippen molar-refractivity contribution in [2.75, 3.05) is 0 Å². The standard InChI is InChI=1S/C18H13BO5/c20-12-4-1-10-3-6-18-14(13(10)8-12)9-15(19(23)24-18)11-2-5-16(21)17(22)7-11/h1-9,20-23H. The minimum atomic E-state index is -1.20. The second kappa shape index (κ2) is 5.21. The Morgan fingerprint density at radius 2 is 1.62 bits per heavy atom. The molecule has 0 amide bonds. The van der Waals surface area contributed by atoms with Crippen LogP contribution >= 0.6 is 0 Å². The summed E-state index contributed by atoms with van der Waals surface area (Å²) in [7, 11) is -1.20. The Labute approximate surface area is 137 Å². The highest BCUT2D eigenvalue weighted by Crippen LogP contribution is 2.39. The largest absolute Gasteiger partial charge is 0.560 e. The molecule has 1 aliphatic rings. The number of aromatic hydroxyl groups is 3. The van der Waals surface area contributed by atoms with E-state index in [2.05, 4.69) is 0 Å². The van der Waals surface area contributed by atoms with E-state index in [4.69, 9.17) is 4.65 Å². The highest BCUT2D eigenvalue weighted by molar-refractivity contribution is 6.70. The van der Waals surface area contributed by atoms with Crippen LogP contribution < -0.4 is 4.65 Å². The zero-order valence-corrected chi connectivity index (χ0v) is 12.5. The molecule has 0 fully saturated rings. The van der Waals surface area contributed by atoms with E-state index in [-0.39, 0.29) is 17.2 Å². The third kappa shape index (κ3) is 2.24. The quantitative estimate of drug-likeness (QED) is 0.409. The predicted molar refractivity (Wildman–Crippen MR) is 91.9 cm³/mol. The van der Waals surface area contributed by atoms with Gasteiger partial charge in [0.1, 0.15) is 11.5 Å². The third-order valence-corrected chi connectivity index (χ3v) is 4.12. The fourth-order valence-corrected chi connectivity index (χ4v) is 2.90. The van der Waals surface area contributed by atoms with Crippen LogP contribution in [0.4, 0.5) is 0 Å². The number of hydrogen-bond donors (Lipinski definition) is 4. The molecule has 3 aromatic rings. The van der Waals surface area contributed by atoms with Gasteiger partial charge in [-0.15, -0.1) is 0 Å². The smallest absolute Gasteiger partial charge is 0.532 e. The number of fused-ring (bicyclic) bond motifs is 3. The van der Waals surface area contributed by atoms with Gasteiger partial charge in [0.15, 0.2) is 11.5 Å². The van der Waals surface area contributed by atoms with Crippen molar-refractivity contribution >= 4 is 29.4 Å². The summed E-state index contributed by atoms with van der Waals surface area (Å²) in [5.74, 6) is 0.134. The first-order chi connectivity index (χ1) is 11.5. The monoisotopic (exact) mass is 320 g/mol. The topological polar surface area (TPSA) is 90.2 Å². The summed E-state index contributed by atoms with van der Waals surface area (Å²) in [6, 6.07) is 13.0. The molecule has 0 radical (unpaired) electrons. The second-order valence-electron chi connectivity index (χ2n) is 5.66. The molecule has 4 N–H and O–H groups in total. The van der Waals surface area contributed by atoms with E-state index in [0.717, 1.165) is 16.3 Å². The Morgan fingerprint density at radius 3 is 2.42 bits per heavy atom. The van der Waals surface area contributed by atoms with E-state index in [0.29, 0.717) is 16.8 Å². The number of phenolic OH excluding ortho intramolecular Hbond substituents is 3. The van der Waals surface area contributed by atoms with Crippen molar-refractivity contribution in [1.82, 2.24) is 0 Å². The van der Waals surface area contributed by atoms with Gasteiger partial charge in [0.05, 0.1) is 0 Å². The molecule has 118 valence electrons. The van der Waals surface area contributed by atoms with Gasteiger partial charge in [-0.05, 0) is 52.7 Å². The molecular formula is C18H13BO5. The molecule has 0 spiro atoms. The van der Waals surface area contributed by atoms with Crippen molar-refractivity contribution in [1.29, 1.82) is 0 Å². The van der Waals surface area contributed by atoms with Gasteiger partial charge in [0, 0.05) is 11.0 Å². The molecule has 24 heavy (non-hydrogen) atoms. The number of benzene rings is 3. The van der Waals surface area contributed by atoms with Crippen LogP contribution in [0.25, 0.3) is 22.3 Å². The Morgan fingerprint density at radius 1 is 0.833 bits per heavy atom. The van der Waals surface area contributed by atoms with Gasteiger partial charge in [0.25, 0.3) is 0 Å². The Balaban J connectivity index is 1.94. The summed E-state index contributed by atoms with van der Waals surface area (Å²) < 4.78 is 5.58. The summed E-state index contributed by atoms with van der Waals surface area (Å²) in [6.45, 7) is 0. The van der Waals surface area contributed by atoms with Gasteiger partial charge in [-0.3, -0.25) is 0 Å². The lowest BCUT2D eigenvalue weighted by Gasteiger charge is -2.22. The van der Waals surface area contributed by atoms with E-state index in [9.17, 15) is 20.3 Å². The SMILES string of the molecule is OB1Oc2ccc3ccc(O)cc3c2C=C1c1ccc(O)c(O)c1. The molecule has 1 heterocycles. The van der Waals surface area contributed by atoms with E-state index in [1.807, 2.05) is 6.07 Å². The Bertz CT molecular complexity index is 996. The molecule has 0 unspecified atom stereocenters. The van der Waals surface area contributed by atoms with E-state index in [1.54, 1.807) is 36.4 Å². The predicted octanol–water partition coefficient (Wildman–Crippen LogP) is 2.91. The maximum Gasteiger partial charge on any atom is 0.560 e. The molecule has 4 rings (SSSR count). The van der Waals surface area contributed by atoms with Gasteiger partial charge in [0.2, 0.25) is 0 Å². The zero-order chi connectivity index (χ0) is 16.8. The van der Waals surface area contributed by atoms with E-state index < -0.39 is 7.12 Å². The summed E-state index contributed by atoms with van der Waals surface area (Å²) in [6.07, 6.45) is 1.76. The lowest BCUT2D eigenvalue weighted by Crippen LogP contribution is -2.27. The first kappa shape index (κ1) is 14.5. The number of rotatable bonds is 1. The van der Waals surface area contributed by atoms with Crippen LogP contribution in [-0.2, 0) is 0 Å². The van der Waals surface area contributed by atoms with Gasteiger partial charge in [-0.25, -0.2) is 0 Å². The van der Waals surface area contributed by atoms with E-state index >= 15 is 0 Å². The van der Waals surface area contributed by atoms with Gasteiger partial charge in [-0.2, -0.15) is 0 Å². The van der Waals surface area contributed by atoms with Crippen LogP contribution in [0.2, 0.25) is 0 Å². The average Bonchev–Trinajstić information content (AvgIpc) is 2.56. The molecule has 6 heteroatoms. The first-order valence-corrected chi connectivity index (χ1v) is 7.37. The number of phenols is 3. The zero-order valence-electron chi connectivity index (χ0n) is 12.5. The van der Waals surface area contributed by atoms with Crippen molar-refractivity contribution in [3.8, 4) is 23.0 Å². The average molecular weight is 320 g/mol. The summed E-state index contributed by atoms with van der Waals surface area (Å²) in [5.41, 5.74) is 1.71. The third-order valence-electron chi connectivity index (χ3n) is 4.12. The van der Waals surface area contributed by atoms with Crippen LogP contribution in [-0.4, -0.2) is 27.5 Å². The minimum absolute atomic E-state index is 0.138. The van der Waals surface area contributed by atoms with Gasteiger partial charge in [-0.1, -0.05) is 18.2 Å². The summed E-state index contributed by atoms with van der Waals surface area (Å²) >= 11 is 0. The van der Waals surface area contributed by atoms with Gasteiger partial charge < -0.3 is 25.0 Å². The Hall–Kier alpha value is -3.12. The fraction of sp³-hybridized carbons (Fsp3) is 0. The molecule has 0 aliphatic carbocycles. The van der Waals surface area contributed by atoms with Crippen LogP contribution in [0.3, 0.4) is 0 Å². The van der Waals surface area contributed by atoms with Crippen molar-refractivity contribution in [2.45, 2.75) is 0 Å². The summed E-state index contributed by atoms with van der Waals surface area (Å²) in [5, 5.41) is 40.9. The van der Waals surface area contributed by atoms with Crippen molar-refractivity contribution in [2.24, 2.45) is 0 Å². The fourth-order valence-electron chi connectivity index (χ4n) is 2.90. The maximum absolute atomic E-state index is 10.3. The Kier molecular flexibility index (Phi) is 3.14. The van der Waals surface area contributed by atoms with Crippen molar-refractivity contribution < 1.29 is 25.0 Å². The highest BCUT2D eigenvalue weighted by atomic mass is 16.5. The molecular weight excluding hydrogens is 307 g/mol. The van der Waals surface area contributed by atoms with Gasteiger partial charge >= 0.3 is 7.12 Å². The van der Waals surface area contributed by atoms with Crippen molar-refractivity contribution in [3.05, 3.63) is 59.7 Å². The molecule has 0 saturated carbocycles. The summed E-state index contributed by atoms with van der Waals surface area (Å²) in [4.78, 5) is 0. The molecule has 5 nitrogen and oxygen atoms in total. The lowest BCUT2D eigenvalue weighted by molar-refractivity contribution is 0.403. The van der Waals surface area contributed by atoms with Crippen LogP contribution in [0, 0.1) is 0 Å². The maximum atomic E-state index is 10.3. The molecule has 0 bridgehead atoms. The van der Waals surface area contributed by atoms with Crippen LogP contribution in [0.5, 0.6) is 23.0 Å². The second-order valence-corrected chi connectivity index (χ2v) is 5.66. The molecule has 0 atom stereocenters. The van der Waals surface area contributed by atoms with E-state index in [1.165, 1.54) is 12.1 Å². The minimum Gasteiger partial charge on any atom is -0.532 e.